The fraction of sp³-hybridized carbons (Fsp3) is 0.308. The Morgan fingerprint density at radius 1 is 1.35 bits per heavy atom. The zero-order valence-electron chi connectivity index (χ0n) is 11.5. The first-order chi connectivity index (χ1) is 10.3. The quantitative estimate of drug-likeness (QED) is 0.681. The van der Waals surface area contributed by atoms with Gasteiger partial charge in [-0.1, -0.05) is 12.7 Å². The second-order valence-electron chi connectivity index (χ2n) is 4.21. The van der Waals surface area contributed by atoms with Gasteiger partial charge in [0.2, 0.25) is 0 Å². The summed E-state index contributed by atoms with van der Waals surface area (Å²) in [7, 11) is 0. The zero-order valence-corrected chi connectivity index (χ0v) is 13.1. The fourth-order valence-corrected chi connectivity index (χ4v) is 3.13. The Morgan fingerprint density at radius 3 is 2.30 bits per heavy atom. The molecule has 0 aromatic rings. The van der Waals surface area contributed by atoms with Crippen LogP contribution in [-0.4, -0.2) is 28.0 Å². The lowest BCUT2D eigenvalue weighted by atomic mass is 10.1. The first-order valence-corrected chi connectivity index (χ1v) is 7.56. The van der Waals surface area contributed by atoms with Gasteiger partial charge in [-0.15, -0.1) is 11.8 Å². The number of rotatable bonds is 3. The lowest BCUT2D eigenvalue weighted by Crippen LogP contribution is -2.33. The van der Waals surface area contributed by atoms with Gasteiger partial charge in [0.1, 0.15) is 5.25 Å². The summed E-state index contributed by atoms with van der Waals surface area (Å²) in [6.45, 7) is 4.70. The van der Waals surface area contributed by atoms with Crippen LogP contribution in [0.1, 0.15) is 6.92 Å². The summed E-state index contributed by atoms with van der Waals surface area (Å²) in [5.74, 6) is -1.79. The molecule has 1 atom stereocenters. The molecule has 1 rings (SSSR count). The molecule has 1 aliphatic heterocycles. The van der Waals surface area contributed by atoms with E-state index in [2.05, 4.69) is 6.58 Å². The molecule has 0 fully saturated rings. The van der Waals surface area contributed by atoms with Gasteiger partial charge in [0.25, 0.3) is 0 Å². The van der Waals surface area contributed by atoms with Crippen molar-refractivity contribution >= 4 is 29.5 Å². The molecular weight excluding hydrogens is 366 g/mol. The van der Waals surface area contributed by atoms with Crippen molar-refractivity contribution in [2.45, 2.75) is 23.9 Å². The predicted octanol–water partition coefficient (Wildman–Crippen LogP) is 5.27. The Hall–Kier alpha value is -1.29. The normalized spacial score (nSPS) is 22.3. The van der Waals surface area contributed by atoms with Gasteiger partial charge >= 0.3 is 17.7 Å². The number of alkyl halides is 6. The topological polar surface area (TPSA) is 37.3 Å². The molecule has 1 unspecified atom stereocenters. The molecule has 2 nitrogen and oxygen atoms in total. The maximum absolute atomic E-state index is 12.9. The molecular formula is C13H10F6O2S2. The van der Waals surface area contributed by atoms with Crippen LogP contribution in [0.3, 0.4) is 0 Å². The van der Waals surface area contributed by atoms with E-state index in [9.17, 15) is 31.1 Å². The summed E-state index contributed by atoms with van der Waals surface area (Å²) in [5, 5.41) is 6.60. The van der Waals surface area contributed by atoms with Crippen LogP contribution in [0.5, 0.6) is 0 Å². The molecule has 0 saturated heterocycles. The molecule has 1 aliphatic rings. The summed E-state index contributed by atoms with van der Waals surface area (Å²) in [6, 6.07) is 0. The number of carboxylic acids is 1. The monoisotopic (exact) mass is 376 g/mol. The average molecular weight is 376 g/mol. The van der Waals surface area contributed by atoms with E-state index in [1.54, 1.807) is 0 Å². The SMILES string of the molecule is C=C1SC(C(F)(F)F)C(C(=O)O)=C/C1=C/C(=C\C)SC(F)(F)F. The second kappa shape index (κ2) is 7.08. The second-order valence-corrected chi connectivity index (χ2v) is 6.54. The Balaban J connectivity index is 3.27. The molecule has 1 heterocycles. The van der Waals surface area contributed by atoms with Gasteiger partial charge in [-0.25, -0.2) is 4.79 Å². The minimum Gasteiger partial charge on any atom is -0.478 e. The zero-order chi connectivity index (χ0) is 18.0. The van der Waals surface area contributed by atoms with Crippen molar-refractivity contribution in [1.82, 2.24) is 0 Å². The summed E-state index contributed by atoms with van der Waals surface area (Å²) in [6.07, 6.45) is -2.02. The molecule has 0 aromatic carbocycles. The lowest BCUT2D eigenvalue weighted by molar-refractivity contribution is -0.140. The van der Waals surface area contributed by atoms with Crippen molar-refractivity contribution in [2.24, 2.45) is 0 Å². The van der Waals surface area contributed by atoms with Crippen LogP contribution >= 0.6 is 23.5 Å². The van der Waals surface area contributed by atoms with Crippen molar-refractivity contribution in [3.8, 4) is 0 Å². The highest BCUT2D eigenvalue weighted by atomic mass is 32.2. The third-order valence-corrected chi connectivity index (χ3v) is 4.63. The highest BCUT2D eigenvalue weighted by Crippen LogP contribution is 2.46. The van der Waals surface area contributed by atoms with Crippen LogP contribution in [-0.2, 0) is 4.79 Å². The van der Waals surface area contributed by atoms with Crippen LogP contribution in [0.25, 0.3) is 0 Å². The molecule has 128 valence electrons. The number of hydrogen-bond donors (Lipinski definition) is 1. The molecule has 0 aliphatic carbocycles. The van der Waals surface area contributed by atoms with Gasteiger partial charge in [0, 0.05) is 9.81 Å². The Morgan fingerprint density at radius 2 is 1.91 bits per heavy atom. The molecule has 23 heavy (non-hydrogen) atoms. The highest BCUT2D eigenvalue weighted by molar-refractivity contribution is 8.04. The van der Waals surface area contributed by atoms with E-state index in [1.165, 1.54) is 6.92 Å². The summed E-state index contributed by atoms with van der Waals surface area (Å²) >= 11 is -0.297. The van der Waals surface area contributed by atoms with E-state index in [-0.39, 0.29) is 27.1 Å². The van der Waals surface area contributed by atoms with Crippen LogP contribution in [0.2, 0.25) is 0 Å². The molecule has 0 bridgehead atoms. The predicted molar refractivity (Wildman–Crippen MR) is 77.8 cm³/mol. The lowest BCUT2D eigenvalue weighted by Gasteiger charge is -2.26. The number of thioether (sulfide) groups is 2. The van der Waals surface area contributed by atoms with Crippen LogP contribution in [0, 0.1) is 0 Å². The third kappa shape index (κ3) is 5.69. The largest absolute Gasteiger partial charge is 0.478 e. The first-order valence-electron chi connectivity index (χ1n) is 5.86. The number of carboxylic acid groups (broad SMARTS) is 1. The maximum atomic E-state index is 12.9. The Bertz CT molecular complexity index is 599. The minimum absolute atomic E-state index is 0.0993. The minimum atomic E-state index is -4.81. The van der Waals surface area contributed by atoms with Crippen LogP contribution < -0.4 is 0 Å². The van der Waals surface area contributed by atoms with Gasteiger partial charge in [0.15, 0.2) is 0 Å². The van der Waals surface area contributed by atoms with E-state index in [1.807, 2.05) is 0 Å². The van der Waals surface area contributed by atoms with Gasteiger partial charge in [0.05, 0.1) is 5.57 Å². The number of allylic oxidation sites excluding steroid dienone is 4. The Labute approximate surface area is 136 Å². The summed E-state index contributed by atoms with van der Waals surface area (Å²) in [4.78, 5) is 10.6. The van der Waals surface area contributed by atoms with E-state index >= 15 is 0 Å². The number of hydrogen-bond acceptors (Lipinski definition) is 3. The first kappa shape index (κ1) is 19.8. The van der Waals surface area contributed by atoms with Crippen molar-refractivity contribution in [3.05, 3.63) is 45.8 Å². The van der Waals surface area contributed by atoms with Gasteiger partial charge < -0.3 is 5.11 Å². The van der Waals surface area contributed by atoms with Crippen LogP contribution in [0.15, 0.2) is 45.8 Å². The van der Waals surface area contributed by atoms with E-state index in [4.69, 9.17) is 5.11 Å². The van der Waals surface area contributed by atoms with Crippen molar-refractivity contribution < 1.29 is 36.2 Å². The molecule has 10 heteroatoms. The van der Waals surface area contributed by atoms with Gasteiger partial charge in [-0.05, 0) is 36.4 Å². The van der Waals surface area contributed by atoms with Crippen molar-refractivity contribution in [3.63, 3.8) is 0 Å². The molecule has 0 radical (unpaired) electrons. The molecule has 0 saturated carbocycles. The Kier molecular flexibility index (Phi) is 6.08. The molecule has 0 amide bonds. The van der Waals surface area contributed by atoms with Crippen LogP contribution in [0.4, 0.5) is 26.3 Å². The van der Waals surface area contributed by atoms with Gasteiger partial charge in [-0.3, -0.25) is 0 Å². The van der Waals surface area contributed by atoms with E-state index < -0.39 is 40.2 Å². The molecule has 1 N–H and O–H groups in total. The standard InChI is InChI=1S/C13H10F6O2S2/c1-3-8(23-13(17,18)19)4-7-5-9(11(20)21)10(12(14,15)16)22-6(7)2/h3-5,10H,2H2,1H3,(H,20,21)/b7-4-,8-3+. The number of carbonyl (C=O) groups is 1. The van der Waals surface area contributed by atoms with E-state index in [0.717, 1.165) is 12.2 Å². The summed E-state index contributed by atoms with van der Waals surface area (Å²) in [5.41, 5.74) is -5.62. The maximum Gasteiger partial charge on any atom is 0.446 e. The molecule has 0 spiro atoms. The highest BCUT2D eigenvalue weighted by Gasteiger charge is 2.47. The molecule has 0 aromatic heterocycles. The smallest absolute Gasteiger partial charge is 0.446 e. The van der Waals surface area contributed by atoms with Crippen molar-refractivity contribution in [1.29, 1.82) is 0 Å². The van der Waals surface area contributed by atoms with E-state index in [0.29, 0.717) is 6.08 Å². The van der Waals surface area contributed by atoms with Crippen molar-refractivity contribution in [2.75, 3.05) is 0 Å². The number of aliphatic carboxylic acids is 1. The number of halogens is 6. The average Bonchev–Trinajstić information content (AvgIpc) is 2.36. The summed E-state index contributed by atoms with van der Waals surface area (Å²) < 4.78 is 75.7. The third-order valence-electron chi connectivity index (χ3n) is 2.54. The fourth-order valence-electron chi connectivity index (χ4n) is 1.60. The van der Waals surface area contributed by atoms with Gasteiger partial charge in [-0.2, -0.15) is 26.3 Å².